The van der Waals surface area contributed by atoms with Gasteiger partial charge < -0.3 is 20.4 Å². The first-order valence-electron chi connectivity index (χ1n) is 9.09. The summed E-state index contributed by atoms with van der Waals surface area (Å²) >= 11 is 0. The van der Waals surface area contributed by atoms with Gasteiger partial charge >= 0.3 is 0 Å². The third-order valence-electron chi connectivity index (χ3n) is 5.32. The highest BCUT2D eigenvalue weighted by atomic mass is 35.5. The minimum atomic E-state index is -0.560. The van der Waals surface area contributed by atoms with Gasteiger partial charge in [-0.3, -0.25) is 9.59 Å². The van der Waals surface area contributed by atoms with E-state index in [0.717, 1.165) is 24.0 Å². The quantitative estimate of drug-likeness (QED) is 0.819. The van der Waals surface area contributed by atoms with E-state index in [0.29, 0.717) is 25.4 Å². The van der Waals surface area contributed by atoms with E-state index >= 15 is 0 Å². The van der Waals surface area contributed by atoms with Crippen molar-refractivity contribution in [3.8, 4) is 0 Å². The van der Waals surface area contributed by atoms with Crippen LogP contribution >= 0.6 is 12.4 Å². The van der Waals surface area contributed by atoms with Gasteiger partial charge in [-0.2, -0.15) is 0 Å². The largest absolute Gasteiger partial charge is 0.459 e. The lowest BCUT2D eigenvalue weighted by Crippen LogP contribution is -2.55. The van der Waals surface area contributed by atoms with Gasteiger partial charge in [0.2, 0.25) is 5.91 Å². The fourth-order valence-corrected chi connectivity index (χ4v) is 3.66. The number of nitrogens with zero attached hydrogens (tertiary/aromatic N) is 1. The van der Waals surface area contributed by atoms with Gasteiger partial charge in [-0.05, 0) is 42.0 Å². The minimum Gasteiger partial charge on any atom is -0.459 e. The summed E-state index contributed by atoms with van der Waals surface area (Å²) < 4.78 is 5.27. The predicted octanol–water partition coefficient (Wildman–Crippen LogP) is 2.12. The number of benzene rings is 1. The summed E-state index contributed by atoms with van der Waals surface area (Å²) in [6.45, 7) is 0.816. The van der Waals surface area contributed by atoms with Gasteiger partial charge in [-0.15, -0.1) is 12.4 Å². The second-order valence-electron chi connectivity index (χ2n) is 7.09. The van der Waals surface area contributed by atoms with Crippen LogP contribution in [0.4, 0.5) is 0 Å². The molecule has 7 heteroatoms. The highest BCUT2D eigenvalue weighted by molar-refractivity contribution is 5.96. The Bertz CT molecular complexity index is 805. The van der Waals surface area contributed by atoms with Gasteiger partial charge in [-0.25, -0.2) is 0 Å². The summed E-state index contributed by atoms with van der Waals surface area (Å²) in [7, 11) is 0. The van der Waals surface area contributed by atoms with Crippen LogP contribution in [0, 0.1) is 5.92 Å². The summed E-state index contributed by atoms with van der Waals surface area (Å²) in [4.78, 5) is 27.5. The number of hydrogen-bond donors (Lipinski definition) is 2. The Hall–Kier alpha value is -2.31. The lowest BCUT2D eigenvalue weighted by molar-refractivity contribution is -0.127. The summed E-state index contributed by atoms with van der Waals surface area (Å²) in [5.41, 5.74) is 8.00. The van der Waals surface area contributed by atoms with Gasteiger partial charge in [0.15, 0.2) is 5.76 Å². The number of amides is 2. The number of nitrogens with one attached hydrogen (secondary N) is 1. The van der Waals surface area contributed by atoms with E-state index < -0.39 is 6.04 Å². The lowest BCUT2D eigenvalue weighted by Gasteiger charge is -2.36. The first-order valence-corrected chi connectivity index (χ1v) is 9.09. The lowest BCUT2D eigenvalue weighted by atomic mass is 9.93. The van der Waals surface area contributed by atoms with Crippen LogP contribution in [0.1, 0.15) is 34.5 Å². The van der Waals surface area contributed by atoms with Crippen LogP contribution in [0.25, 0.3) is 0 Å². The molecule has 1 aliphatic carbocycles. The van der Waals surface area contributed by atoms with Crippen molar-refractivity contribution in [3.05, 3.63) is 59.5 Å². The number of halogens is 1. The van der Waals surface area contributed by atoms with Crippen molar-refractivity contribution >= 4 is 24.2 Å². The molecule has 2 heterocycles. The van der Waals surface area contributed by atoms with Crippen molar-refractivity contribution in [3.63, 3.8) is 0 Å². The summed E-state index contributed by atoms with van der Waals surface area (Å²) in [5, 5.41) is 3.07. The molecule has 2 atom stereocenters. The van der Waals surface area contributed by atoms with Crippen LogP contribution in [0.2, 0.25) is 0 Å². The van der Waals surface area contributed by atoms with Crippen LogP contribution in [-0.4, -0.2) is 35.3 Å². The normalized spacial score (nSPS) is 19.6. The number of hydrogen-bond acceptors (Lipinski definition) is 4. The first-order chi connectivity index (χ1) is 12.7. The molecule has 3 N–H and O–H groups in total. The Kier molecular flexibility index (Phi) is 5.87. The molecule has 0 spiro atoms. The summed E-state index contributed by atoms with van der Waals surface area (Å²) in [6.07, 6.45) is 4.17. The molecule has 0 radical (unpaired) electrons. The molecule has 2 aliphatic rings. The zero-order chi connectivity index (χ0) is 18.1. The molecule has 2 aromatic rings. The molecule has 144 valence electrons. The highest BCUT2D eigenvalue weighted by Crippen LogP contribution is 2.32. The smallest absolute Gasteiger partial charge is 0.290 e. The molecule has 1 fully saturated rings. The van der Waals surface area contributed by atoms with E-state index in [1.807, 2.05) is 24.3 Å². The van der Waals surface area contributed by atoms with E-state index in [9.17, 15) is 9.59 Å². The Morgan fingerprint density at radius 2 is 1.93 bits per heavy atom. The number of rotatable bonds is 5. The molecule has 0 bridgehead atoms. The van der Waals surface area contributed by atoms with Gasteiger partial charge in [0, 0.05) is 25.6 Å². The molecule has 0 saturated heterocycles. The SMILES string of the molecule is Cl.NCC(NC(=O)C1Cc2ccccc2CN1C(=O)c1ccco1)C1CC1. The maximum absolute atomic E-state index is 13.0. The van der Waals surface area contributed by atoms with E-state index in [1.54, 1.807) is 17.0 Å². The molecule has 1 aromatic carbocycles. The maximum atomic E-state index is 13.0. The standard InChI is InChI=1S/C20H23N3O3.ClH/c21-11-16(13-7-8-13)22-19(24)17-10-14-4-1-2-5-15(14)12-23(17)20(25)18-6-3-9-26-18;/h1-6,9,13,16-17H,7-8,10-12,21H2,(H,22,24);1H. The van der Waals surface area contributed by atoms with Gasteiger partial charge in [0.1, 0.15) is 6.04 Å². The molecule has 4 rings (SSSR count). The number of furan rings is 1. The molecule has 2 amide bonds. The van der Waals surface area contributed by atoms with Crippen molar-refractivity contribution in [2.45, 2.75) is 37.9 Å². The molecule has 6 nitrogen and oxygen atoms in total. The Morgan fingerprint density at radius 1 is 1.19 bits per heavy atom. The molecule has 2 unspecified atom stereocenters. The Labute approximate surface area is 164 Å². The van der Waals surface area contributed by atoms with E-state index in [2.05, 4.69) is 5.32 Å². The zero-order valence-electron chi connectivity index (χ0n) is 15.0. The van der Waals surface area contributed by atoms with E-state index in [4.69, 9.17) is 10.2 Å². The van der Waals surface area contributed by atoms with Crippen LogP contribution in [0.5, 0.6) is 0 Å². The van der Waals surface area contributed by atoms with Crippen molar-refractivity contribution in [1.29, 1.82) is 0 Å². The zero-order valence-corrected chi connectivity index (χ0v) is 15.8. The van der Waals surface area contributed by atoms with Crippen LogP contribution in [0.15, 0.2) is 47.1 Å². The van der Waals surface area contributed by atoms with Crippen LogP contribution in [-0.2, 0) is 17.8 Å². The molecule has 27 heavy (non-hydrogen) atoms. The molecule has 1 saturated carbocycles. The predicted molar refractivity (Wildman–Crippen MR) is 103 cm³/mol. The third-order valence-corrected chi connectivity index (χ3v) is 5.32. The van der Waals surface area contributed by atoms with Crippen molar-refractivity contribution in [1.82, 2.24) is 10.2 Å². The second kappa shape index (κ2) is 8.15. The molecule has 1 aromatic heterocycles. The molecule has 1 aliphatic heterocycles. The van der Waals surface area contributed by atoms with Gasteiger partial charge in [-0.1, -0.05) is 24.3 Å². The maximum Gasteiger partial charge on any atom is 0.290 e. The monoisotopic (exact) mass is 389 g/mol. The van der Waals surface area contributed by atoms with Gasteiger partial charge in [0.25, 0.3) is 5.91 Å². The topological polar surface area (TPSA) is 88.6 Å². The minimum absolute atomic E-state index is 0. The highest BCUT2D eigenvalue weighted by Gasteiger charge is 2.38. The first kappa shape index (κ1) is 19.5. The summed E-state index contributed by atoms with van der Waals surface area (Å²) in [6, 6.07) is 10.7. The molecular formula is C20H24ClN3O3. The van der Waals surface area contributed by atoms with E-state index in [1.165, 1.54) is 6.26 Å². The second-order valence-corrected chi connectivity index (χ2v) is 7.09. The van der Waals surface area contributed by atoms with Crippen LogP contribution in [0.3, 0.4) is 0 Å². The van der Waals surface area contributed by atoms with Crippen molar-refractivity contribution < 1.29 is 14.0 Å². The average molecular weight is 390 g/mol. The summed E-state index contributed by atoms with van der Waals surface area (Å²) in [5.74, 6) is 0.316. The number of fused-ring (bicyclic) bond motifs is 1. The Morgan fingerprint density at radius 3 is 2.56 bits per heavy atom. The molecular weight excluding hydrogens is 366 g/mol. The third kappa shape index (κ3) is 4.01. The fraction of sp³-hybridized carbons (Fsp3) is 0.400. The van der Waals surface area contributed by atoms with Crippen LogP contribution < -0.4 is 11.1 Å². The number of nitrogens with two attached hydrogens (primary N) is 1. The van der Waals surface area contributed by atoms with E-state index in [-0.39, 0.29) is 36.0 Å². The van der Waals surface area contributed by atoms with Crippen molar-refractivity contribution in [2.75, 3.05) is 6.54 Å². The average Bonchev–Trinajstić information content (AvgIpc) is 3.37. The van der Waals surface area contributed by atoms with Crippen molar-refractivity contribution in [2.24, 2.45) is 11.7 Å². The van der Waals surface area contributed by atoms with Gasteiger partial charge in [0.05, 0.1) is 6.26 Å². The number of carbonyl (C=O) groups excluding carboxylic acids is 2. The Balaban J connectivity index is 0.00000210. The number of carbonyl (C=O) groups is 2. The fourth-order valence-electron chi connectivity index (χ4n) is 3.66.